The molecule has 8 heteroatoms. The van der Waals surface area contributed by atoms with Crippen LogP contribution in [0.15, 0.2) is 53.6 Å². The Morgan fingerprint density at radius 2 is 1.76 bits per heavy atom. The lowest BCUT2D eigenvalue weighted by atomic mass is 9.89. The van der Waals surface area contributed by atoms with Crippen molar-refractivity contribution in [1.29, 1.82) is 0 Å². The normalized spacial score (nSPS) is 14.2. The van der Waals surface area contributed by atoms with E-state index in [9.17, 15) is 14.4 Å². The number of nitrogens with zero attached hydrogens (tertiary/aromatic N) is 2. The first-order chi connectivity index (χ1) is 18.0. The minimum atomic E-state index is -1.12. The predicted molar refractivity (Wildman–Crippen MR) is 146 cm³/mol. The second-order valence-electron chi connectivity index (χ2n) is 10.1. The minimum Gasteiger partial charge on any atom is -0.480 e. The van der Waals surface area contributed by atoms with Gasteiger partial charge in [-0.3, -0.25) is 14.4 Å². The first kappa shape index (κ1) is 26.7. The molecule has 1 aliphatic rings. The number of fused-ring (bicyclic) bond motifs is 1. The van der Waals surface area contributed by atoms with Crippen LogP contribution in [0.1, 0.15) is 68.1 Å². The fourth-order valence-electron chi connectivity index (χ4n) is 5.27. The van der Waals surface area contributed by atoms with Crippen molar-refractivity contribution in [2.24, 2.45) is 5.92 Å². The zero-order chi connectivity index (χ0) is 26.0. The third kappa shape index (κ3) is 7.55. The minimum absolute atomic E-state index is 0.301. The number of carboxylic acids is 1. The third-order valence-corrected chi connectivity index (χ3v) is 7.27. The summed E-state index contributed by atoms with van der Waals surface area (Å²) < 4.78 is 3.25. The lowest BCUT2D eigenvalue weighted by Crippen LogP contribution is -2.25. The van der Waals surface area contributed by atoms with Crippen LogP contribution in [0.2, 0.25) is 0 Å². The number of nitrogens with one attached hydrogen (secondary N) is 2. The zero-order valence-electron chi connectivity index (χ0n) is 21.5. The SMILES string of the molecule is O=C(O)Cn1cc(NC(=O)c2cccc3c2ccn3CCCCCCNCC2CCCCC2)ccc1=O. The van der Waals surface area contributed by atoms with Gasteiger partial charge in [-0.1, -0.05) is 38.2 Å². The number of aliphatic carboxylic acids is 1. The molecule has 0 atom stereocenters. The Bertz CT molecular complexity index is 1260. The third-order valence-electron chi connectivity index (χ3n) is 7.27. The number of carboxylic acid groups (broad SMARTS) is 1. The molecule has 8 nitrogen and oxygen atoms in total. The van der Waals surface area contributed by atoms with Crippen LogP contribution < -0.4 is 16.2 Å². The molecule has 2 aromatic heterocycles. The van der Waals surface area contributed by atoms with Gasteiger partial charge in [0.1, 0.15) is 6.54 Å². The van der Waals surface area contributed by atoms with Gasteiger partial charge in [0.15, 0.2) is 0 Å². The van der Waals surface area contributed by atoms with E-state index in [4.69, 9.17) is 5.11 Å². The van der Waals surface area contributed by atoms with Gasteiger partial charge < -0.3 is 24.9 Å². The maximum Gasteiger partial charge on any atom is 0.323 e. The van der Waals surface area contributed by atoms with Gasteiger partial charge in [-0.05, 0) is 69.0 Å². The predicted octanol–water partition coefficient (Wildman–Crippen LogP) is 4.87. The molecule has 3 N–H and O–H groups in total. The van der Waals surface area contributed by atoms with Crippen LogP contribution in [0.3, 0.4) is 0 Å². The van der Waals surface area contributed by atoms with E-state index in [1.807, 2.05) is 24.4 Å². The summed E-state index contributed by atoms with van der Waals surface area (Å²) in [6, 6.07) is 10.4. The summed E-state index contributed by atoms with van der Waals surface area (Å²) in [5.41, 5.74) is 1.49. The second kappa shape index (κ2) is 13.2. The molecule has 37 heavy (non-hydrogen) atoms. The van der Waals surface area contributed by atoms with Crippen LogP contribution in [0.25, 0.3) is 10.9 Å². The molecule has 1 aromatic carbocycles. The number of anilines is 1. The number of hydrogen-bond donors (Lipinski definition) is 3. The number of aryl methyl sites for hydroxylation is 1. The molecule has 1 amide bonds. The number of aromatic nitrogens is 2. The van der Waals surface area contributed by atoms with E-state index < -0.39 is 18.1 Å². The Hall–Kier alpha value is -3.39. The van der Waals surface area contributed by atoms with Gasteiger partial charge in [-0.15, -0.1) is 0 Å². The second-order valence-corrected chi connectivity index (χ2v) is 10.1. The molecular weight excluding hydrogens is 468 g/mol. The van der Waals surface area contributed by atoms with Gasteiger partial charge >= 0.3 is 5.97 Å². The number of rotatable bonds is 13. The summed E-state index contributed by atoms with van der Waals surface area (Å²) in [6.07, 6.45) is 15.1. The van der Waals surface area contributed by atoms with Crippen LogP contribution in [-0.4, -0.2) is 39.2 Å². The number of carbonyl (C=O) groups is 2. The fraction of sp³-hybridized carbons (Fsp3) is 0.483. The smallest absolute Gasteiger partial charge is 0.323 e. The fourth-order valence-corrected chi connectivity index (χ4v) is 5.27. The highest BCUT2D eigenvalue weighted by Crippen LogP contribution is 2.23. The summed E-state index contributed by atoms with van der Waals surface area (Å²) in [4.78, 5) is 35.8. The van der Waals surface area contributed by atoms with Crippen LogP contribution in [0.4, 0.5) is 5.69 Å². The first-order valence-electron chi connectivity index (χ1n) is 13.5. The molecule has 2 heterocycles. The van der Waals surface area contributed by atoms with Crippen molar-refractivity contribution < 1.29 is 14.7 Å². The standard InChI is InChI=1S/C29H38N4O4/c34-27-14-13-23(20-33(27)21-28(35)36)31-29(37)25-11-8-12-26-24(25)15-18-32(26)17-7-2-1-6-16-30-19-22-9-4-3-5-10-22/h8,11-15,18,20,22,30H,1-7,9-10,16-17,19,21H2,(H,31,37)(H,35,36). The van der Waals surface area contributed by atoms with E-state index in [1.165, 1.54) is 76.2 Å². The maximum atomic E-state index is 13.0. The lowest BCUT2D eigenvalue weighted by Gasteiger charge is -2.21. The van der Waals surface area contributed by atoms with Crippen LogP contribution in [-0.2, 0) is 17.9 Å². The van der Waals surface area contributed by atoms with Crippen molar-refractivity contribution in [3.63, 3.8) is 0 Å². The molecule has 3 aromatic rings. The number of pyridine rings is 1. The zero-order valence-corrected chi connectivity index (χ0v) is 21.5. The molecule has 0 unspecified atom stereocenters. The monoisotopic (exact) mass is 506 g/mol. The molecule has 1 fully saturated rings. The Morgan fingerprint density at radius 1 is 0.946 bits per heavy atom. The summed E-state index contributed by atoms with van der Waals surface area (Å²) in [5.74, 6) is -0.540. The highest BCUT2D eigenvalue weighted by molar-refractivity contribution is 6.12. The van der Waals surface area contributed by atoms with E-state index >= 15 is 0 Å². The van der Waals surface area contributed by atoms with Crippen molar-refractivity contribution in [1.82, 2.24) is 14.5 Å². The number of amides is 1. The van der Waals surface area contributed by atoms with Crippen molar-refractivity contribution >= 4 is 28.5 Å². The largest absolute Gasteiger partial charge is 0.480 e. The average molecular weight is 507 g/mol. The summed E-state index contributed by atoms with van der Waals surface area (Å²) >= 11 is 0. The Kier molecular flexibility index (Phi) is 9.54. The number of benzene rings is 1. The summed E-state index contributed by atoms with van der Waals surface area (Å²) in [7, 11) is 0. The van der Waals surface area contributed by atoms with Crippen LogP contribution >= 0.6 is 0 Å². The van der Waals surface area contributed by atoms with Gasteiger partial charge in [0.25, 0.3) is 11.5 Å². The molecular formula is C29H38N4O4. The highest BCUT2D eigenvalue weighted by atomic mass is 16.4. The number of unbranched alkanes of at least 4 members (excludes halogenated alkanes) is 3. The molecule has 0 spiro atoms. The lowest BCUT2D eigenvalue weighted by molar-refractivity contribution is -0.137. The Morgan fingerprint density at radius 3 is 2.57 bits per heavy atom. The molecule has 0 aliphatic heterocycles. The first-order valence-corrected chi connectivity index (χ1v) is 13.5. The molecule has 0 bridgehead atoms. The van der Waals surface area contributed by atoms with Crippen molar-refractivity contribution in [3.05, 3.63) is 64.7 Å². The number of carbonyl (C=O) groups excluding carboxylic acids is 1. The van der Waals surface area contributed by atoms with E-state index in [-0.39, 0.29) is 5.91 Å². The van der Waals surface area contributed by atoms with E-state index in [0.29, 0.717) is 11.3 Å². The molecule has 1 saturated carbocycles. The molecule has 4 rings (SSSR count). The van der Waals surface area contributed by atoms with Gasteiger partial charge in [-0.2, -0.15) is 0 Å². The van der Waals surface area contributed by atoms with Gasteiger partial charge in [0.05, 0.1) is 5.69 Å². The summed E-state index contributed by atoms with van der Waals surface area (Å²) in [6.45, 7) is 2.73. The number of hydrogen-bond acceptors (Lipinski definition) is 4. The molecule has 1 aliphatic carbocycles. The molecule has 0 radical (unpaired) electrons. The van der Waals surface area contributed by atoms with Crippen molar-refractivity contribution in [3.8, 4) is 0 Å². The average Bonchev–Trinajstić information content (AvgIpc) is 3.31. The van der Waals surface area contributed by atoms with Crippen LogP contribution in [0.5, 0.6) is 0 Å². The van der Waals surface area contributed by atoms with Gasteiger partial charge in [0.2, 0.25) is 0 Å². The van der Waals surface area contributed by atoms with Gasteiger partial charge in [0, 0.05) is 41.5 Å². The van der Waals surface area contributed by atoms with Crippen LogP contribution in [0, 0.1) is 5.92 Å². The van der Waals surface area contributed by atoms with Crippen molar-refractivity contribution in [2.75, 3.05) is 18.4 Å². The van der Waals surface area contributed by atoms with Crippen molar-refractivity contribution in [2.45, 2.75) is 70.9 Å². The Labute approximate surface area is 217 Å². The van der Waals surface area contributed by atoms with Gasteiger partial charge in [-0.25, -0.2) is 0 Å². The van der Waals surface area contributed by atoms with E-state index in [1.54, 1.807) is 6.07 Å². The topological polar surface area (TPSA) is 105 Å². The molecule has 0 saturated heterocycles. The molecule has 198 valence electrons. The Balaban J connectivity index is 1.26. The van der Waals surface area contributed by atoms with E-state index in [0.717, 1.165) is 40.9 Å². The highest BCUT2D eigenvalue weighted by Gasteiger charge is 2.14. The van der Waals surface area contributed by atoms with E-state index in [2.05, 4.69) is 15.2 Å². The maximum absolute atomic E-state index is 13.0. The summed E-state index contributed by atoms with van der Waals surface area (Å²) in [5, 5.41) is 16.3. The quantitative estimate of drug-likeness (QED) is 0.287.